The topological polar surface area (TPSA) is 3.24 Å². The van der Waals surface area contributed by atoms with Crippen LogP contribution in [0.15, 0.2) is 12.1 Å². The van der Waals surface area contributed by atoms with Gasteiger partial charge in [0.05, 0.1) is 4.34 Å². The third-order valence-electron chi connectivity index (χ3n) is 3.86. The molecule has 0 atom stereocenters. The molecule has 18 heavy (non-hydrogen) atoms. The predicted molar refractivity (Wildman–Crippen MR) is 85.0 cm³/mol. The molecular weight excluding hydrogens is 330 g/mol. The molecule has 0 N–H and O–H groups in total. The van der Waals surface area contributed by atoms with Crippen molar-refractivity contribution in [3.63, 3.8) is 0 Å². The number of halogens is 2. The van der Waals surface area contributed by atoms with Gasteiger partial charge in [-0.15, -0.1) is 11.3 Å². The van der Waals surface area contributed by atoms with Crippen molar-refractivity contribution < 1.29 is 0 Å². The van der Waals surface area contributed by atoms with Crippen LogP contribution in [-0.4, -0.2) is 23.8 Å². The van der Waals surface area contributed by atoms with Gasteiger partial charge in [0.2, 0.25) is 0 Å². The molecule has 1 saturated carbocycles. The second-order valence-corrected chi connectivity index (χ2v) is 7.93. The quantitative estimate of drug-likeness (QED) is 0.661. The highest BCUT2D eigenvalue weighted by Gasteiger charge is 2.32. The first-order chi connectivity index (χ1) is 8.63. The Morgan fingerprint density at radius 2 is 2.06 bits per heavy atom. The van der Waals surface area contributed by atoms with Gasteiger partial charge < -0.3 is 4.90 Å². The van der Waals surface area contributed by atoms with Gasteiger partial charge in [-0.05, 0) is 37.4 Å². The fourth-order valence-electron chi connectivity index (χ4n) is 2.97. The van der Waals surface area contributed by atoms with E-state index in [4.69, 9.17) is 11.6 Å². The third-order valence-corrected chi connectivity index (χ3v) is 6.26. The smallest absolute Gasteiger partial charge is 0.0931 e. The van der Waals surface area contributed by atoms with Crippen molar-refractivity contribution in [2.75, 3.05) is 18.9 Å². The summed E-state index contributed by atoms with van der Waals surface area (Å²) in [6, 6.07) is 4.14. The first-order valence-electron chi connectivity index (χ1n) is 6.62. The van der Waals surface area contributed by atoms with Gasteiger partial charge in [-0.2, -0.15) is 0 Å². The number of alkyl halides is 1. The number of hydrogen-bond acceptors (Lipinski definition) is 2. The summed E-state index contributed by atoms with van der Waals surface area (Å²) in [5.41, 5.74) is 0.494. The summed E-state index contributed by atoms with van der Waals surface area (Å²) in [5.74, 6) is 0. The van der Waals surface area contributed by atoms with Gasteiger partial charge in [0.15, 0.2) is 0 Å². The zero-order chi connectivity index (χ0) is 13.0. The van der Waals surface area contributed by atoms with Gasteiger partial charge in [-0.25, -0.2) is 0 Å². The van der Waals surface area contributed by atoms with Crippen molar-refractivity contribution in [2.24, 2.45) is 5.41 Å². The normalized spacial score (nSPS) is 19.3. The fourth-order valence-corrected chi connectivity index (χ4v) is 4.87. The average Bonchev–Trinajstić information content (AvgIpc) is 2.75. The Labute approximate surface area is 128 Å². The Morgan fingerprint density at radius 3 is 2.61 bits per heavy atom. The van der Waals surface area contributed by atoms with Crippen LogP contribution in [0.1, 0.15) is 37.0 Å². The maximum atomic E-state index is 5.98. The molecule has 0 aliphatic heterocycles. The summed E-state index contributed by atoms with van der Waals surface area (Å²) in [5, 5.41) is 1.13. The zero-order valence-electron chi connectivity index (χ0n) is 10.9. The van der Waals surface area contributed by atoms with Crippen LogP contribution in [0.4, 0.5) is 0 Å². The van der Waals surface area contributed by atoms with E-state index in [0.717, 1.165) is 16.2 Å². The lowest BCUT2D eigenvalue weighted by Crippen LogP contribution is -2.38. The van der Waals surface area contributed by atoms with E-state index >= 15 is 0 Å². The Bertz CT molecular complexity index is 374. The lowest BCUT2D eigenvalue weighted by Gasteiger charge is -2.38. The highest BCUT2D eigenvalue weighted by molar-refractivity contribution is 9.09. The summed E-state index contributed by atoms with van der Waals surface area (Å²) >= 11 is 11.4. The molecule has 4 heteroatoms. The predicted octanol–water partition coefficient (Wildman–Crippen LogP) is 5.18. The van der Waals surface area contributed by atoms with Crippen LogP contribution >= 0.6 is 38.9 Å². The van der Waals surface area contributed by atoms with Crippen molar-refractivity contribution in [3.8, 4) is 0 Å². The number of hydrogen-bond donors (Lipinski definition) is 0. The summed E-state index contributed by atoms with van der Waals surface area (Å²) in [6.45, 7) is 2.21. The molecule has 1 nitrogen and oxygen atoms in total. The SMILES string of the molecule is CN(Cc1ccc(Cl)s1)CC1(CBr)CCCCC1. The van der Waals surface area contributed by atoms with Crippen LogP contribution in [-0.2, 0) is 6.54 Å². The van der Waals surface area contributed by atoms with Crippen molar-refractivity contribution >= 4 is 38.9 Å². The van der Waals surface area contributed by atoms with Crippen LogP contribution < -0.4 is 0 Å². The van der Waals surface area contributed by atoms with E-state index in [-0.39, 0.29) is 0 Å². The molecule has 0 saturated heterocycles. The molecular formula is C14H21BrClNS. The first-order valence-corrected chi connectivity index (χ1v) is 8.94. The molecule has 0 aromatic carbocycles. The van der Waals surface area contributed by atoms with Gasteiger partial charge in [0.25, 0.3) is 0 Å². The second kappa shape index (κ2) is 6.74. The Balaban J connectivity index is 1.90. The van der Waals surface area contributed by atoms with Gasteiger partial charge in [0.1, 0.15) is 0 Å². The molecule has 0 radical (unpaired) electrons. The number of rotatable bonds is 5. The molecule has 1 aliphatic carbocycles. The largest absolute Gasteiger partial charge is 0.301 e. The molecule has 1 aromatic heterocycles. The lowest BCUT2D eigenvalue weighted by molar-refractivity contribution is 0.142. The molecule has 0 unspecified atom stereocenters. The molecule has 1 fully saturated rings. The highest BCUT2D eigenvalue weighted by Crippen LogP contribution is 2.38. The minimum atomic E-state index is 0.494. The summed E-state index contributed by atoms with van der Waals surface area (Å²) in [6.07, 6.45) is 6.94. The van der Waals surface area contributed by atoms with Crippen molar-refractivity contribution in [1.82, 2.24) is 4.90 Å². The highest BCUT2D eigenvalue weighted by atomic mass is 79.9. The lowest BCUT2D eigenvalue weighted by atomic mass is 9.75. The standard InChI is InChI=1S/C14H21BrClNS/c1-17(9-12-5-6-13(16)18-12)11-14(10-15)7-3-2-4-8-14/h5-6H,2-4,7-11H2,1H3. The van der Waals surface area contributed by atoms with Gasteiger partial charge in [-0.3, -0.25) is 0 Å². The van der Waals surface area contributed by atoms with Gasteiger partial charge >= 0.3 is 0 Å². The van der Waals surface area contributed by atoms with E-state index < -0.39 is 0 Å². The van der Waals surface area contributed by atoms with E-state index in [2.05, 4.69) is 33.9 Å². The molecule has 1 aromatic rings. The average molecular weight is 351 g/mol. The van der Waals surface area contributed by atoms with E-state index in [1.54, 1.807) is 11.3 Å². The van der Waals surface area contributed by atoms with Crippen LogP contribution in [0, 0.1) is 5.41 Å². The van der Waals surface area contributed by atoms with E-state index in [9.17, 15) is 0 Å². The monoisotopic (exact) mass is 349 g/mol. The molecule has 1 heterocycles. The maximum absolute atomic E-state index is 5.98. The molecule has 0 spiro atoms. The second-order valence-electron chi connectivity index (χ2n) is 5.57. The molecule has 0 amide bonds. The minimum absolute atomic E-state index is 0.494. The van der Waals surface area contributed by atoms with E-state index in [1.807, 2.05) is 6.07 Å². The molecule has 0 bridgehead atoms. The van der Waals surface area contributed by atoms with Crippen molar-refractivity contribution in [3.05, 3.63) is 21.3 Å². The summed E-state index contributed by atoms with van der Waals surface area (Å²) < 4.78 is 0.895. The third kappa shape index (κ3) is 3.96. The van der Waals surface area contributed by atoms with Crippen molar-refractivity contribution in [2.45, 2.75) is 38.6 Å². The van der Waals surface area contributed by atoms with Crippen LogP contribution in [0.3, 0.4) is 0 Å². The molecule has 102 valence electrons. The van der Waals surface area contributed by atoms with E-state index in [1.165, 1.54) is 43.5 Å². The summed E-state index contributed by atoms with van der Waals surface area (Å²) in [4.78, 5) is 3.82. The Hall–Kier alpha value is 0.430. The number of thiophene rings is 1. The van der Waals surface area contributed by atoms with E-state index in [0.29, 0.717) is 5.41 Å². The van der Waals surface area contributed by atoms with Gasteiger partial charge in [-0.1, -0.05) is 46.8 Å². The van der Waals surface area contributed by atoms with Crippen molar-refractivity contribution in [1.29, 1.82) is 0 Å². The van der Waals surface area contributed by atoms with Crippen LogP contribution in [0.25, 0.3) is 0 Å². The molecule has 1 aliphatic rings. The summed E-state index contributed by atoms with van der Waals surface area (Å²) in [7, 11) is 2.23. The minimum Gasteiger partial charge on any atom is -0.301 e. The maximum Gasteiger partial charge on any atom is 0.0931 e. The Morgan fingerprint density at radius 1 is 1.33 bits per heavy atom. The molecule has 2 rings (SSSR count). The fraction of sp³-hybridized carbons (Fsp3) is 0.714. The Kier molecular flexibility index (Phi) is 5.55. The van der Waals surface area contributed by atoms with Crippen LogP contribution in [0.5, 0.6) is 0 Å². The van der Waals surface area contributed by atoms with Crippen LogP contribution in [0.2, 0.25) is 4.34 Å². The van der Waals surface area contributed by atoms with Gasteiger partial charge in [0, 0.05) is 23.3 Å². The number of nitrogens with zero attached hydrogens (tertiary/aromatic N) is 1. The zero-order valence-corrected chi connectivity index (χ0v) is 14.1. The first kappa shape index (κ1) is 14.8.